The van der Waals surface area contributed by atoms with Gasteiger partial charge in [-0.15, -0.1) is 0 Å². The summed E-state index contributed by atoms with van der Waals surface area (Å²) in [5, 5.41) is 14.9. The molecule has 5 N–H and O–H groups in total. The fourth-order valence-electron chi connectivity index (χ4n) is 4.16. The largest absolute Gasteiger partial charge is 0.508 e. The van der Waals surface area contributed by atoms with Crippen LogP contribution in [0.1, 0.15) is 30.9 Å². The number of amides is 4. The fraction of sp³-hybridized carbons (Fsp3) is 0.360. The highest BCUT2D eigenvalue weighted by atomic mass is 16.3. The topological polar surface area (TPSA) is 142 Å². The lowest BCUT2D eigenvalue weighted by Gasteiger charge is -2.29. The van der Waals surface area contributed by atoms with Crippen LogP contribution in [0.2, 0.25) is 0 Å². The van der Waals surface area contributed by atoms with Crippen LogP contribution < -0.4 is 16.4 Å². The fourth-order valence-corrected chi connectivity index (χ4v) is 4.16. The number of hydrogen-bond acceptors (Lipinski definition) is 5. The number of primary amides is 1. The lowest BCUT2D eigenvalue weighted by molar-refractivity contribution is -0.141. The van der Waals surface area contributed by atoms with Crippen molar-refractivity contribution in [3.8, 4) is 5.75 Å². The minimum absolute atomic E-state index is 0.0990. The van der Waals surface area contributed by atoms with Gasteiger partial charge in [-0.05, 0) is 36.1 Å². The Balaban J connectivity index is 1.72. The summed E-state index contributed by atoms with van der Waals surface area (Å²) in [4.78, 5) is 51.7. The molecule has 9 heteroatoms. The van der Waals surface area contributed by atoms with Gasteiger partial charge in [0.25, 0.3) is 0 Å². The van der Waals surface area contributed by atoms with E-state index >= 15 is 0 Å². The summed E-state index contributed by atoms with van der Waals surface area (Å²) in [7, 11) is 0. The first-order chi connectivity index (χ1) is 16.2. The summed E-state index contributed by atoms with van der Waals surface area (Å²) in [5.74, 6) is -1.75. The number of benzene rings is 2. The lowest BCUT2D eigenvalue weighted by atomic mass is 10.0. The molecule has 1 fully saturated rings. The van der Waals surface area contributed by atoms with E-state index in [9.17, 15) is 24.3 Å². The first kappa shape index (κ1) is 24.8. The van der Waals surface area contributed by atoms with Crippen molar-refractivity contribution in [1.29, 1.82) is 0 Å². The normalized spacial score (nSPS) is 17.0. The van der Waals surface area contributed by atoms with Crippen LogP contribution >= 0.6 is 0 Å². The molecular weight excluding hydrogens is 436 g/mol. The molecule has 34 heavy (non-hydrogen) atoms. The molecule has 0 saturated carbocycles. The summed E-state index contributed by atoms with van der Waals surface area (Å²) in [6.45, 7) is 1.69. The number of rotatable bonds is 9. The monoisotopic (exact) mass is 466 g/mol. The average Bonchev–Trinajstić information content (AvgIpc) is 3.29. The first-order valence-electron chi connectivity index (χ1n) is 11.2. The molecule has 3 atom stereocenters. The third-order valence-electron chi connectivity index (χ3n) is 5.83. The van der Waals surface area contributed by atoms with E-state index in [1.807, 2.05) is 30.3 Å². The highest BCUT2D eigenvalue weighted by molar-refractivity contribution is 5.94. The quantitative estimate of drug-likeness (QED) is 0.429. The van der Waals surface area contributed by atoms with Gasteiger partial charge in [-0.1, -0.05) is 42.5 Å². The van der Waals surface area contributed by atoms with Gasteiger partial charge in [-0.3, -0.25) is 19.2 Å². The molecule has 9 nitrogen and oxygen atoms in total. The van der Waals surface area contributed by atoms with Gasteiger partial charge in [0.2, 0.25) is 23.6 Å². The summed E-state index contributed by atoms with van der Waals surface area (Å²) in [6, 6.07) is 13.0. The van der Waals surface area contributed by atoms with Crippen LogP contribution in [0, 0.1) is 0 Å². The summed E-state index contributed by atoms with van der Waals surface area (Å²) in [5.41, 5.74) is 7.13. The third-order valence-corrected chi connectivity index (χ3v) is 5.83. The average molecular weight is 467 g/mol. The zero-order valence-electron chi connectivity index (χ0n) is 19.1. The Kier molecular flexibility index (Phi) is 8.24. The number of aromatic hydroxyl groups is 1. The van der Waals surface area contributed by atoms with Gasteiger partial charge in [0, 0.05) is 26.3 Å². The third kappa shape index (κ3) is 6.57. The van der Waals surface area contributed by atoms with Crippen LogP contribution in [0.15, 0.2) is 54.6 Å². The molecule has 2 aromatic carbocycles. The van der Waals surface area contributed by atoms with E-state index in [0.717, 1.165) is 11.1 Å². The number of phenols is 1. The minimum atomic E-state index is -0.907. The van der Waals surface area contributed by atoms with E-state index in [1.165, 1.54) is 24.0 Å². The lowest BCUT2D eigenvalue weighted by Crippen LogP contribution is -2.56. The van der Waals surface area contributed by atoms with Crippen molar-refractivity contribution in [2.45, 2.75) is 50.7 Å². The van der Waals surface area contributed by atoms with E-state index < -0.39 is 29.9 Å². The Labute approximate surface area is 198 Å². The zero-order chi connectivity index (χ0) is 24.7. The second kappa shape index (κ2) is 11.3. The van der Waals surface area contributed by atoms with Gasteiger partial charge in [0.05, 0.1) is 0 Å². The van der Waals surface area contributed by atoms with E-state index in [1.54, 1.807) is 12.1 Å². The molecule has 4 amide bonds. The van der Waals surface area contributed by atoms with Crippen LogP contribution in [0.25, 0.3) is 0 Å². The Morgan fingerprint density at radius 1 is 0.971 bits per heavy atom. The van der Waals surface area contributed by atoms with Crippen LogP contribution in [0.5, 0.6) is 5.75 Å². The molecule has 1 heterocycles. The van der Waals surface area contributed by atoms with Crippen molar-refractivity contribution in [3.05, 3.63) is 65.7 Å². The Bertz CT molecular complexity index is 1030. The molecule has 180 valence electrons. The summed E-state index contributed by atoms with van der Waals surface area (Å²) >= 11 is 0. The molecule has 0 unspecified atom stereocenters. The zero-order valence-corrected chi connectivity index (χ0v) is 19.1. The molecule has 0 aromatic heterocycles. The maximum atomic E-state index is 13.4. The Hall–Kier alpha value is -3.88. The van der Waals surface area contributed by atoms with Crippen molar-refractivity contribution in [1.82, 2.24) is 15.5 Å². The van der Waals surface area contributed by atoms with Crippen LogP contribution in [-0.2, 0) is 32.0 Å². The van der Waals surface area contributed by atoms with Crippen molar-refractivity contribution in [3.63, 3.8) is 0 Å². The van der Waals surface area contributed by atoms with Crippen molar-refractivity contribution < 1.29 is 24.3 Å². The maximum Gasteiger partial charge on any atom is 0.246 e. The molecule has 1 aliphatic rings. The molecule has 0 bridgehead atoms. The van der Waals surface area contributed by atoms with Crippen molar-refractivity contribution in [2.24, 2.45) is 5.73 Å². The molecular formula is C25H30N4O5. The van der Waals surface area contributed by atoms with Gasteiger partial charge in [0.15, 0.2) is 0 Å². The SMILES string of the molecule is CC(=O)N[C@@H](Cc1ccc(O)cc1)C(=O)N1CCC[C@H]1C(=O)N[C@@H](Cc1ccccc1)C(N)=O. The molecule has 2 aromatic rings. The van der Waals surface area contributed by atoms with E-state index in [2.05, 4.69) is 10.6 Å². The number of carbonyl (C=O) groups excluding carboxylic acids is 4. The second-order valence-electron chi connectivity index (χ2n) is 8.47. The van der Waals surface area contributed by atoms with Crippen LogP contribution in [0.3, 0.4) is 0 Å². The molecule has 3 rings (SSSR count). The highest BCUT2D eigenvalue weighted by Gasteiger charge is 2.38. The van der Waals surface area contributed by atoms with Gasteiger partial charge >= 0.3 is 0 Å². The number of nitrogens with one attached hydrogen (secondary N) is 2. The predicted molar refractivity (Wildman–Crippen MR) is 125 cm³/mol. The summed E-state index contributed by atoms with van der Waals surface area (Å²) in [6.07, 6.45) is 1.52. The Morgan fingerprint density at radius 2 is 1.59 bits per heavy atom. The standard InChI is InChI=1S/C25H30N4O5/c1-16(30)27-21(15-18-9-11-19(31)12-10-18)25(34)29-13-5-8-22(29)24(33)28-20(23(26)32)14-17-6-3-2-4-7-17/h2-4,6-7,9-12,20-22,31H,5,8,13-15H2,1H3,(H2,26,32)(H,27,30)(H,28,33)/t20-,21-,22-/m0/s1. The van der Waals surface area contributed by atoms with Gasteiger partial charge < -0.3 is 26.4 Å². The summed E-state index contributed by atoms with van der Waals surface area (Å²) < 4.78 is 0. The number of carbonyl (C=O) groups is 4. The predicted octanol–water partition coefficient (Wildman–Crippen LogP) is 0.643. The molecule has 0 spiro atoms. The van der Waals surface area contributed by atoms with Crippen LogP contribution in [-0.4, -0.2) is 58.3 Å². The molecule has 0 aliphatic carbocycles. The maximum absolute atomic E-state index is 13.4. The highest BCUT2D eigenvalue weighted by Crippen LogP contribution is 2.21. The van der Waals surface area contributed by atoms with E-state index in [-0.39, 0.29) is 30.4 Å². The van der Waals surface area contributed by atoms with E-state index in [4.69, 9.17) is 5.73 Å². The number of hydrogen-bond donors (Lipinski definition) is 4. The van der Waals surface area contributed by atoms with Crippen molar-refractivity contribution >= 4 is 23.6 Å². The molecule has 1 aliphatic heterocycles. The van der Waals surface area contributed by atoms with Crippen LogP contribution in [0.4, 0.5) is 0 Å². The van der Waals surface area contributed by atoms with Gasteiger partial charge in [0.1, 0.15) is 23.9 Å². The molecule has 1 saturated heterocycles. The van der Waals surface area contributed by atoms with E-state index in [0.29, 0.717) is 19.4 Å². The minimum Gasteiger partial charge on any atom is -0.508 e. The van der Waals surface area contributed by atoms with Crippen molar-refractivity contribution in [2.75, 3.05) is 6.54 Å². The second-order valence-corrected chi connectivity index (χ2v) is 8.47. The smallest absolute Gasteiger partial charge is 0.246 e. The first-order valence-corrected chi connectivity index (χ1v) is 11.2. The number of nitrogens with zero attached hydrogens (tertiary/aromatic N) is 1. The van der Waals surface area contributed by atoms with Gasteiger partial charge in [-0.25, -0.2) is 0 Å². The number of phenolic OH excluding ortho intramolecular Hbond substituents is 1. The Morgan fingerprint density at radius 3 is 2.21 bits per heavy atom. The number of nitrogens with two attached hydrogens (primary N) is 1. The van der Waals surface area contributed by atoms with Gasteiger partial charge in [-0.2, -0.15) is 0 Å². The number of likely N-dealkylation sites (tertiary alicyclic amines) is 1. The molecule has 0 radical (unpaired) electrons.